The fourth-order valence-electron chi connectivity index (χ4n) is 3.53. The standard InChI is InChI=1S/C21H22O10/c1-28-15-4-9(2-3-12(15)24)20-16(30-21-19(27)18(26)17(8-22)31-21)7-11-13(25)5-10(23)6-14(11)29-20/h2-7,17-27H,8H2,1H3/t17-,18-,19+,20?,21+/m1/s1. The number of aliphatic hydroxyl groups is 3. The molecule has 0 radical (unpaired) electrons. The molecule has 2 aliphatic rings. The van der Waals surface area contributed by atoms with Crippen molar-refractivity contribution in [3.05, 3.63) is 47.2 Å². The third-order valence-corrected chi connectivity index (χ3v) is 5.15. The SMILES string of the molecule is COc1cc(C2Oc3cc(O)cc(O)c3C=C2O[C@H]2O[C@H](CO)[C@@H](O)[C@@H]2O)ccc1O. The van der Waals surface area contributed by atoms with Crippen molar-refractivity contribution in [2.45, 2.75) is 30.7 Å². The number of hydrogen-bond donors (Lipinski definition) is 6. The van der Waals surface area contributed by atoms with Crippen molar-refractivity contribution in [1.29, 1.82) is 0 Å². The van der Waals surface area contributed by atoms with Crippen LogP contribution < -0.4 is 9.47 Å². The van der Waals surface area contributed by atoms with Crippen molar-refractivity contribution in [2.24, 2.45) is 0 Å². The fraction of sp³-hybridized carbons (Fsp3) is 0.333. The minimum atomic E-state index is -1.44. The van der Waals surface area contributed by atoms with Crippen molar-refractivity contribution < 1.29 is 49.6 Å². The number of aliphatic hydroxyl groups excluding tert-OH is 3. The molecular weight excluding hydrogens is 412 g/mol. The van der Waals surface area contributed by atoms with E-state index in [9.17, 15) is 30.6 Å². The Labute approximate surface area is 176 Å². The molecule has 5 atom stereocenters. The molecule has 2 aromatic carbocycles. The minimum Gasteiger partial charge on any atom is -0.508 e. The Kier molecular flexibility index (Phi) is 5.54. The van der Waals surface area contributed by atoms with E-state index in [-0.39, 0.29) is 40.1 Å². The topological polar surface area (TPSA) is 158 Å². The van der Waals surface area contributed by atoms with Gasteiger partial charge in [-0.3, -0.25) is 0 Å². The fourth-order valence-corrected chi connectivity index (χ4v) is 3.53. The third kappa shape index (κ3) is 3.81. The Morgan fingerprint density at radius 3 is 2.45 bits per heavy atom. The summed E-state index contributed by atoms with van der Waals surface area (Å²) in [6.45, 7) is -0.519. The summed E-state index contributed by atoms with van der Waals surface area (Å²) in [7, 11) is 1.39. The maximum absolute atomic E-state index is 10.2. The molecule has 10 nitrogen and oxygen atoms in total. The number of aromatic hydroxyl groups is 3. The Balaban J connectivity index is 1.74. The van der Waals surface area contributed by atoms with Gasteiger partial charge < -0.3 is 49.6 Å². The highest BCUT2D eigenvalue weighted by Gasteiger charge is 2.45. The number of methoxy groups -OCH3 is 1. The smallest absolute Gasteiger partial charge is 0.228 e. The van der Waals surface area contributed by atoms with E-state index in [1.165, 1.54) is 31.4 Å². The van der Waals surface area contributed by atoms with E-state index in [4.69, 9.17) is 18.9 Å². The molecule has 0 saturated carbocycles. The molecule has 6 N–H and O–H groups in total. The van der Waals surface area contributed by atoms with Crippen LogP contribution in [0.25, 0.3) is 6.08 Å². The Morgan fingerprint density at radius 2 is 1.77 bits per heavy atom. The van der Waals surface area contributed by atoms with Crippen LogP contribution in [0.1, 0.15) is 17.2 Å². The summed E-state index contributed by atoms with van der Waals surface area (Å²) in [4.78, 5) is 0. The highest BCUT2D eigenvalue weighted by atomic mass is 16.7. The number of phenols is 3. The average Bonchev–Trinajstić information content (AvgIpc) is 3.02. The van der Waals surface area contributed by atoms with Gasteiger partial charge in [-0.15, -0.1) is 0 Å². The second-order valence-electron chi connectivity index (χ2n) is 7.18. The first-order valence-electron chi connectivity index (χ1n) is 9.42. The molecule has 0 aliphatic carbocycles. The van der Waals surface area contributed by atoms with Crippen LogP contribution in [0.15, 0.2) is 36.1 Å². The van der Waals surface area contributed by atoms with Crippen LogP contribution in [0.5, 0.6) is 28.7 Å². The molecular formula is C21H22O10. The predicted octanol–water partition coefficient (Wildman–Crippen LogP) is 0.742. The Hall–Kier alpha value is -3.18. The summed E-state index contributed by atoms with van der Waals surface area (Å²) >= 11 is 0. The summed E-state index contributed by atoms with van der Waals surface area (Å²) in [5.74, 6) is -0.108. The van der Waals surface area contributed by atoms with Gasteiger partial charge in [0.25, 0.3) is 0 Å². The summed E-state index contributed by atoms with van der Waals surface area (Å²) in [5, 5.41) is 59.5. The molecule has 1 unspecified atom stereocenters. The van der Waals surface area contributed by atoms with Crippen LogP contribution in [-0.4, -0.2) is 69.0 Å². The highest BCUT2D eigenvalue weighted by molar-refractivity contribution is 5.69. The summed E-state index contributed by atoms with van der Waals surface area (Å²) < 4.78 is 22.3. The molecule has 4 rings (SSSR count). The van der Waals surface area contributed by atoms with Crippen LogP contribution in [0.4, 0.5) is 0 Å². The zero-order chi connectivity index (χ0) is 22.3. The molecule has 0 spiro atoms. The van der Waals surface area contributed by atoms with Gasteiger partial charge in [0.05, 0.1) is 19.3 Å². The largest absolute Gasteiger partial charge is 0.508 e. The second kappa shape index (κ2) is 8.16. The molecule has 2 aliphatic heterocycles. The molecule has 31 heavy (non-hydrogen) atoms. The summed E-state index contributed by atoms with van der Waals surface area (Å²) in [5.41, 5.74) is 0.711. The monoisotopic (exact) mass is 434 g/mol. The maximum Gasteiger partial charge on any atom is 0.228 e. The van der Waals surface area contributed by atoms with E-state index in [0.29, 0.717) is 5.56 Å². The molecule has 0 aromatic heterocycles. The Bertz CT molecular complexity index is 1000. The number of phenolic OH excluding ortho intramolecular Hbond substituents is 3. The third-order valence-electron chi connectivity index (χ3n) is 5.15. The lowest BCUT2D eigenvalue weighted by molar-refractivity contribution is -0.154. The first kappa shape index (κ1) is 21.1. The highest BCUT2D eigenvalue weighted by Crippen LogP contribution is 2.45. The van der Waals surface area contributed by atoms with Crippen LogP contribution in [0.2, 0.25) is 0 Å². The lowest BCUT2D eigenvalue weighted by Gasteiger charge is -2.30. The molecule has 2 aromatic rings. The first-order chi connectivity index (χ1) is 14.8. The van der Waals surface area contributed by atoms with E-state index in [2.05, 4.69) is 0 Å². The van der Waals surface area contributed by atoms with Gasteiger partial charge >= 0.3 is 0 Å². The van der Waals surface area contributed by atoms with E-state index >= 15 is 0 Å². The quantitative estimate of drug-likeness (QED) is 0.396. The van der Waals surface area contributed by atoms with Gasteiger partial charge in [-0.05, 0) is 18.2 Å². The van der Waals surface area contributed by atoms with Gasteiger partial charge in [0.15, 0.2) is 17.6 Å². The van der Waals surface area contributed by atoms with Crippen molar-refractivity contribution in [3.8, 4) is 28.7 Å². The van der Waals surface area contributed by atoms with E-state index in [1.54, 1.807) is 6.07 Å². The molecule has 2 heterocycles. The first-order valence-corrected chi connectivity index (χ1v) is 9.42. The predicted molar refractivity (Wildman–Crippen MR) is 105 cm³/mol. The van der Waals surface area contributed by atoms with Gasteiger partial charge in [-0.1, -0.05) is 6.07 Å². The van der Waals surface area contributed by atoms with Crippen molar-refractivity contribution in [1.82, 2.24) is 0 Å². The lowest BCUT2D eigenvalue weighted by atomic mass is 10.0. The van der Waals surface area contributed by atoms with Crippen molar-refractivity contribution in [3.63, 3.8) is 0 Å². The van der Waals surface area contributed by atoms with E-state index in [1.807, 2.05) is 0 Å². The zero-order valence-electron chi connectivity index (χ0n) is 16.4. The second-order valence-corrected chi connectivity index (χ2v) is 7.18. The number of hydrogen-bond acceptors (Lipinski definition) is 10. The van der Waals surface area contributed by atoms with Crippen LogP contribution in [-0.2, 0) is 9.47 Å². The summed E-state index contributed by atoms with van der Waals surface area (Å²) in [6.07, 6.45) is -4.64. The lowest BCUT2D eigenvalue weighted by Crippen LogP contribution is -2.35. The molecule has 0 amide bonds. The van der Waals surface area contributed by atoms with E-state index < -0.39 is 37.3 Å². The van der Waals surface area contributed by atoms with Crippen LogP contribution in [0.3, 0.4) is 0 Å². The van der Waals surface area contributed by atoms with Crippen molar-refractivity contribution >= 4 is 6.08 Å². The Morgan fingerprint density at radius 1 is 1.00 bits per heavy atom. The maximum atomic E-state index is 10.2. The number of benzene rings is 2. The normalized spacial score (nSPS) is 27.2. The minimum absolute atomic E-state index is 0.0901. The molecule has 1 saturated heterocycles. The zero-order valence-corrected chi connectivity index (χ0v) is 16.4. The molecule has 166 valence electrons. The molecule has 10 heteroatoms. The van der Waals surface area contributed by atoms with Gasteiger partial charge in [-0.25, -0.2) is 0 Å². The van der Waals surface area contributed by atoms with E-state index in [0.717, 1.165) is 6.07 Å². The average molecular weight is 434 g/mol. The summed E-state index contributed by atoms with van der Waals surface area (Å²) in [6, 6.07) is 6.93. The van der Waals surface area contributed by atoms with Crippen LogP contribution in [0, 0.1) is 0 Å². The molecule has 1 fully saturated rings. The van der Waals surface area contributed by atoms with Gasteiger partial charge in [0.1, 0.15) is 41.3 Å². The number of ether oxygens (including phenoxy) is 4. The van der Waals surface area contributed by atoms with Gasteiger partial charge in [0, 0.05) is 17.7 Å². The number of fused-ring (bicyclic) bond motifs is 1. The number of rotatable bonds is 5. The van der Waals surface area contributed by atoms with Gasteiger partial charge in [0.2, 0.25) is 6.29 Å². The van der Waals surface area contributed by atoms with Gasteiger partial charge in [-0.2, -0.15) is 0 Å². The van der Waals surface area contributed by atoms with Crippen molar-refractivity contribution in [2.75, 3.05) is 13.7 Å². The molecule has 0 bridgehead atoms. The van der Waals surface area contributed by atoms with Crippen LogP contribution >= 0.6 is 0 Å².